The highest BCUT2D eigenvalue weighted by atomic mass is 32.1. The summed E-state index contributed by atoms with van der Waals surface area (Å²) in [5.41, 5.74) is 5.26. The topological polar surface area (TPSA) is 65.0 Å². The summed E-state index contributed by atoms with van der Waals surface area (Å²) in [6.45, 7) is 0.503. The molecule has 2 aromatic heterocycles. The van der Waals surface area contributed by atoms with Gasteiger partial charge < -0.3 is 29.0 Å². The minimum atomic E-state index is -0.324. The zero-order valence-corrected chi connectivity index (χ0v) is 22.6. The Hall–Kier alpha value is -3.91. The van der Waals surface area contributed by atoms with E-state index in [4.69, 9.17) is 14.2 Å². The van der Waals surface area contributed by atoms with Gasteiger partial charge in [0.1, 0.15) is 22.2 Å². The van der Waals surface area contributed by atoms with Gasteiger partial charge in [0.25, 0.3) is 0 Å². The van der Waals surface area contributed by atoms with E-state index in [1.807, 2.05) is 40.5 Å². The average molecular weight is 530 g/mol. The minimum Gasteiger partial charge on any atom is -0.497 e. The number of aromatic nitrogens is 1. The molecule has 0 fully saturated rings. The molecule has 1 atom stereocenters. The Morgan fingerprint density at radius 2 is 1.74 bits per heavy atom. The molecule has 1 aliphatic carbocycles. The number of nitrogens with zero attached hydrogens (tertiary/aromatic N) is 2. The van der Waals surface area contributed by atoms with Crippen molar-refractivity contribution in [3.8, 4) is 22.2 Å². The molecular weight excluding hydrogens is 498 g/mol. The van der Waals surface area contributed by atoms with Crippen LogP contribution in [0.15, 0.2) is 60.8 Å². The van der Waals surface area contributed by atoms with Gasteiger partial charge in [-0.2, -0.15) is 0 Å². The Labute approximate surface area is 226 Å². The van der Waals surface area contributed by atoms with Crippen LogP contribution in [0.2, 0.25) is 0 Å². The van der Waals surface area contributed by atoms with Crippen molar-refractivity contribution in [1.29, 1.82) is 0 Å². The molecule has 6 rings (SSSR count). The van der Waals surface area contributed by atoms with Gasteiger partial charge in [-0.15, -0.1) is 11.3 Å². The largest absolute Gasteiger partial charge is 0.497 e. The highest BCUT2D eigenvalue weighted by molar-refractivity contribution is 7.15. The van der Waals surface area contributed by atoms with Gasteiger partial charge >= 0.3 is 6.03 Å². The van der Waals surface area contributed by atoms with Gasteiger partial charge in [-0.05, 0) is 73.2 Å². The van der Waals surface area contributed by atoms with Crippen molar-refractivity contribution in [2.75, 3.05) is 26.6 Å². The number of ether oxygens (including phenoxy) is 3. The van der Waals surface area contributed by atoms with Crippen molar-refractivity contribution in [3.63, 3.8) is 0 Å². The summed E-state index contributed by atoms with van der Waals surface area (Å²) in [6, 6.07) is 17.0. The Balaban J connectivity index is 1.49. The molecule has 2 aliphatic rings. The molecule has 8 heteroatoms. The maximum Gasteiger partial charge on any atom is 0.323 e. The number of rotatable bonds is 5. The van der Waals surface area contributed by atoms with Crippen LogP contribution in [0.1, 0.15) is 46.1 Å². The number of methoxy groups -OCH3 is 3. The lowest BCUT2D eigenvalue weighted by molar-refractivity contribution is 0.194. The third-order valence-electron chi connectivity index (χ3n) is 7.50. The summed E-state index contributed by atoms with van der Waals surface area (Å²) in [6.07, 6.45) is 6.69. The SMILES string of the molecule is COc1cccc([C@@H]2c3cccn3-c3sc4c(c3CN2C(=O)Nc2cc(OC)ccc2OC)CCCC4)c1. The van der Waals surface area contributed by atoms with Crippen LogP contribution in [-0.4, -0.2) is 36.8 Å². The fraction of sp³-hybridized carbons (Fsp3) is 0.300. The number of carbonyl (C=O) groups excluding carboxylic acids is 1. The molecular formula is C30H31N3O4S. The summed E-state index contributed by atoms with van der Waals surface area (Å²) in [7, 11) is 4.87. The van der Waals surface area contributed by atoms with E-state index in [2.05, 4.69) is 34.3 Å². The predicted molar refractivity (Wildman–Crippen MR) is 149 cm³/mol. The molecule has 7 nitrogen and oxygen atoms in total. The summed E-state index contributed by atoms with van der Waals surface area (Å²) in [5, 5.41) is 4.35. The summed E-state index contributed by atoms with van der Waals surface area (Å²) < 4.78 is 18.8. The van der Waals surface area contributed by atoms with Crippen molar-refractivity contribution in [1.82, 2.24) is 9.47 Å². The number of amides is 2. The van der Waals surface area contributed by atoms with Gasteiger partial charge in [-0.3, -0.25) is 0 Å². The van der Waals surface area contributed by atoms with Crippen molar-refractivity contribution in [2.24, 2.45) is 0 Å². The van der Waals surface area contributed by atoms with Crippen molar-refractivity contribution in [2.45, 2.75) is 38.3 Å². The molecule has 4 aromatic rings. The maximum absolute atomic E-state index is 14.2. The van der Waals surface area contributed by atoms with Gasteiger partial charge in [0.05, 0.1) is 45.3 Å². The zero-order valence-electron chi connectivity index (χ0n) is 21.8. The molecule has 2 aromatic carbocycles. The second kappa shape index (κ2) is 10.1. The summed E-state index contributed by atoms with van der Waals surface area (Å²) >= 11 is 1.88. The molecule has 1 N–H and O–H groups in total. The van der Waals surface area contributed by atoms with Crippen LogP contribution in [0.5, 0.6) is 17.2 Å². The average Bonchev–Trinajstić information content (AvgIpc) is 3.54. The normalized spacial score (nSPS) is 16.1. The van der Waals surface area contributed by atoms with Crippen molar-refractivity contribution in [3.05, 3.63) is 88.1 Å². The molecule has 1 aliphatic heterocycles. The van der Waals surface area contributed by atoms with E-state index in [1.165, 1.54) is 33.8 Å². The quantitative estimate of drug-likeness (QED) is 0.317. The van der Waals surface area contributed by atoms with E-state index in [-0.39, 0.29) is 12.1 Å². The summed E-state index contributed by atoms with van der Waals surface area (Å²) in [4.78, 5) is 17.6. The van der Waals surface area contributed by atoms with E-state index >= 15 is 0 Å². The van der Waals surface area contributed by atoms with Crippen molar-refractivity contribution < 1.29 is 19.0 Å². The first-order valence-electron chi connectivity index (χ1n) is 12.9. The second-order valence-electron chi connectivity index (χ2n) is 9.60. The number of aryl methyl sites for hydroxylation is 1. The number of fused-ring (bicyclic) bond motifs is 5. The number of urea groups is 1. The second-order valence-corrected chi connectivity index (χ2v) is 10.7. The molecule has 0 unspecified atom stereocenters. The first-order chi connectivity index (χ1) is 18.6. The molecule has 0 saturated heterocycles. The highest BCUT2D eigenvalue weighted by Gasteiger charge is 2.36. The van der Waals surface area contributed by atoms with E-state index in [9.17, 15) is 4.79 Å². The predicted octanol–water partition coefficient (Wildman–Crippen LogP) is 6.58. The lowest BCUT2D eigenvalue weighted by Gasteiger charge is -2.32. The third-order valence-corrected chi connectivity index (χ3v) is 8.83. The van der Waals surface area contributed by atoms with E-state index < -0.39 is 0 Å². The van der Waals surface area contributed by atoms with Crippen LogP contribution >= 0.6 is 11.3 Å². The van der Waals surface area contributed by atoms with Gasteiger partial charge in [0.2, 0.25) is 0 Å². The van der Waals surface area contributed by atoms with Crippen LogP contribution in [0.25, 0.3) is 5.00 Å². The Bertz CT molecular complexity index is 1490. The number of carbonyl (C=O) groups is 1. The highest BCUT2D eigenvalue weighted by Crippen LogP contribution is 2.44. The smallest absolute Gasteiger partial charge is 0.323 e. The van der Waals surface area contributed by atoms with Gasteiger partial charge in [0, 0.05) is 22.7 Å². The van der Waals surface area contributed by atoms with Crippen LogP contribution in [0.4, 0.5) is 10.5 Å². The molecule has 0 spiro atoms. The first-order valence-corrected chi connectivity index (χ1v) is 13.7. The molecule has 0 bridgehead atoms. The van der Waals surface area contributed by atoms with E-state index in [0.29, 0.717) is 23.7 Å². The lowest BCUT2D eigenvalue weighted by Crippen LogP contribution is -2.38. The number of nitrogens with one attached hydrogen (secondary N) is 1. The van der Waals surface area contributed by atoms with Gasteiger partial charge in [-0.1, -0.05) is 12.1 Å². The number of anilines is 1. The lowest BCUT2D eigenvalue weighted by atomic mass is 9.95. The molecule has 38 heavy (non-hydrogen) atoms. The third kappa shape index (κ3) is 4.19. The zero-order chi connectivity index (χ0) is 26.2. The summed E-state index contributed by atoms with van der Waals surface area (Å²) in [5.74, 6) is 1.97. The number of hydrogen-bond donors (Lipinski definition) is 1. The van der Waals surface area contributed by atoms with E-state index in [0.717, 1.165) is 29.8 Å². The molecule has 2 amide bonds. The van der Waals surface area contributed by atoms with Gasteiger partial charge in [0.15, 0.2) is 0 Å². The van der Waals surface area contributed by atoms with Crippen molar-refractivity contribution >= 4 is 23.1 Å². The fourth-order valence-corrected chi connectivity index (χ4v) is 7.05. The van der Waals surface area contributed by atoms with Crippen LogP contribution < -0.4 is 19.5 Å². The minimum absolute atomic E-state index is 0.208. The fourth-order valence-electron chi connectivity index (χ4n) is 5.65. The number of thiophene rings is 1. The molecule has 196 valence electrons. The first kappa shape index (κ1) is 24.4. The number of hydrogen-bond acceptors (Lipinski definition) is 5. The standard InChI is InChI=1S/C30H31N3O4S/c1-35-20-9-6-8-19(16-20)28-25-11-7-15-32(25)29-23(22-10-4-5-12-27(22)38-29)18-33(28)30(34)31-24-17-21(36-2)13-14-26(24)37-3/h6-9,11,13-17,28H,4-5,10,12,18H2,1-3H3,(H,31,34)/t28-/m1/s1. The van der Waals surface area contributed by atoms with Crippen LogP contribution in [0, 0.1) is 0 Å². The molecule has 0 saturated carbocycles. The van der Waals surface area contributed by atoms with Crippen LogP contribution in [-0.2, 0) is 19.4 Å². The van der Waals surface area contributed by atoms with Crippen LogP contribution in [0.3, 0.4) is 0 Å². The number of benzene rings is 2. The monoisotopic (exact) mass is 529 g/mol. The Kier molecular flexibility index (Phi) is 6.49. The molecule has 0 radical (unpaired) electrons. The van der Waals surface area contributed by atoms with Gasteiger partial charge in [-0.25, -0.2) is 4.79 Å². The molecule has 3 heterocycles. The Morgan fingerprint density at radius 1 is 0.921 bits per heavy atom. The Morgan fingerprint density at radius 3 is 2.55 bits per heavy atom. The van der Waals surface area contributed by atoms with E-state index in [1.54, 1.807) is 33.5 Å². The maximum atomic E-state index is 14.2.